The Balaban J connectivity index is 0.000000211. The SMILES string of the molecule is Nc1cc(S(=O)(=O)O)c2cccc(S(=O)(=O)O)c2c1.Nc1cc(S(=O)(=O)O)cc2cc(S(=O)(=O)O)ccc12. The van der Waals surface area contributed by atoms with Gasteiger partial charge in [-0.15, -0.1) is 0 Å². The summed E-state index contributed by atoms with van der Waals surface area (Å²) in [4.78, 5) is -1.85. The first-order valence-corrected chi connectivity index (χ1v) is 15.5. The van der Waals surface area contributed by atoms with Crippen LogP contribution in [0.2, 0.25) is 0 Å². The van der Waals surface area contributed by atoms with Gasteiger partial charge >= 0.3 is 0 Å². The molecule has 0 heterocycles. The van der Waals surface area contributed by atoms with Crippen LogP contribution in [0, 0.1) is 0 Å². The second kappa shape index (κ2) is 9.75. The molecule has 0 atom stereocenters. The highest BCUT2D eigenvalue weighted by Gasteiger charge is 2.20. The van der Waals surface area contributed by atoms with Crippen molar-refractivity contribution in [2.45, 2.75) is 19.6 Å². The Kier molecular flexibility index (Phi) is 7.49. The average molecular weight is 607 g/mol. The largest absolute Gasteiger partial charge is 0.399 e. The number of anilines is 2. The van der Waals surface area contributed by atoms with Gasteiger partial charge in [-0.1, -0.05) is 18.2 Å². The highest BCUT2D eigenvalue weighted by molar-refractivity contribution is 7.86. The molecule has 0 saturated heterocycles. The van der Waals surface area contributed by atoms with Crippen molar-refractivity contribution in [2.75, 3.05) is 11.5 Å². The van der Waals surface area contributed by atoms with Crippen LogP contribution in [0.3, 0.4) is 0 Å². The molecule has 18 heteroatoms. The first kappa shape index (κ1) is 29.2. The van der Waals surface area contributed by atoms with Crippen molar-refractivity contribution in [3.8, 4) is 0 Å². The van der Waals surface area contributed by atoms with Crippen molar-refractivity contribution in [1.29, 1.82) is 0 Å². The summed E-state index contributed by atoms with van der Waals surface area (Å²) in [6, 6.07) is 11.5. The van der Waals surface area contributed by atoms with Gasteiger partial charge in [0, 0.05) is 27.5 Å². The molecule has 0 saturated carbocycles. The molecule has 0 fully saturated rings. The predicted molar refractivity (Wildman–Crippen MR) is 136 cm³/mol. The van der Waals surface area contributed by atoms with Gasteiger partial charge in [0.1, 0.15) is 9.79 Å². The number of hydrogen-bond donors (Lipinski definition) is 6. The lowest BCUT2D eigenvalue weighted by Gasteiger charge is -2.08. The minimum absolute atomic E-state index is 0.0492. The lowest BCUT2D eigenvalue weighted by molar-refractivity contribution is 0.481. The van der Waals surface area contributed by atoms with E-state index in [0.717, 1.165) is 36.4 Å². The van der Waals surface area contributed by atoms with Crippen LogP contribution in [-0.4, -0.2) is 51.9 Å². The number of hydrogen-bond acceptors (Lipinski definition) is 10. The summed E-state index contributed by atoms with van der Waals surface area (Å²) in [5.74, 6) is 0. The summed E-state index contributed by atoms with van der Waals surface area (Å²) < 4.78 is 125. The highest BCUT2D eigenvalue weighted by atomic mass is 32.2. The molecular weight excluding hydrogens is 588 g/mol. The van der Waals surface area contributed by atoms with Crippen molar-refractivity contribution in [3.05, 3.63) is 60.7 Å². The van der Waals surface area contributed by atoms with E-state index in [-0.39, 0.29) is 27.5 Å². The fourth-order valence-electron chi connectivity index (χ4n) is 3.44. The molecule has 0 unspecified atom stereocenters. The molecule has 0 bridgehead atoms. The van der Waals surface area contributed by atoms with E-state index in [0.29, 0.717) is 5.39 Å². The fourth-order valence-corrected chi connectivity index (χ4v) is 5.95. The van der Waals surface area contributed by atoms with Crippen LogP contribution in [-0.2, 0) is 40.5 Å². The Morgan fingerprint density at radius 2 is 1.05 bits per heavy atom. The summed E-state index contributed by atoms with van der Waals surface area (Å²) in [6.07, 6.45) is 0. The van der Waals surface area contributed by atoms with Crippen LogP contribution < -0.4 is 11.5 Å². The topological polar surface area (TPSA) is 270 Å². The van der Waals surface area contributed by atoms with Crippen LogP contribution in [0.5, 0.6) is 0 Å². The molecule has 0 aliphatic carbocycles. The maximum atomic E-state index is 11.2. The third-order valence-electron chi connectivity index (χ3n) is 5.02. The van der Waals surface area contributed by atoms with E-state index < -0.39 is 60.1 Å². The molecule has 0 aromatic heterocycles. The van der Waals surface area contributed by atoms with Gasteiger partial charge in [0.25, 0.3) is 40.5 Å². The van der Waals surface area contributed by atoms with Crippen LogP contribution in [0.15, 0.2) is 80.2 Å². The molecule has 38 heavy (non-hydrogen) atoms. The Morgan fingerprint density at radius 1 is 0.500 bits per heavy atom. The van der Waals surface area contributed by atoms with Crippen molar-refractivity contribution in [1.82, 2.24) is 0 Å². The van der Waals surface area contributed by atoms with Gasteiger partial charge in [-0.25, -0.2) is 0 Å². The standard InChI is InChI=1S/2C10H9NO6S2/c11-10-5-8(19(15,16)17)4-6-3-7(18(12,13)14)1-2-9(6)10;11-6-4-8-7(10(5-6)19(15,16)17)2-1-3-9(8)18(12,13)14/h2*1-5H,11H2,(H,12,13,14)(H,15,16,17). The molecular formula is C20H18N2O12S4. The van der Waals surface area contributed by atoms with Crippen molar-refractivity contribution < 1.29 is 51.9 Å². The van der Waals surface area contributed by atoms with E-state index in [1.54, 1.807) is 0 Å². The second-order valence-electron chi connectivity index (χ2n) is 7.67. The molecule has 0 aliphatic rings. The lowest BCUT2D eigenvalue weighted by Crippen LogP contribution is -2.04. The zero-order valence-corrected chi connectivity index (χ0v) is 21.9. The molecule has 0 spiro atoms. The monoisotopic (exact) mass is 606 g/mol. The molecule has 204 valence electrons. The quantitative estimate of drug-likeness (QED) is 0.143. The molecule has 8 N–H and O–H groups in total. The summed E-state index contributed by atoms with van der Waals surface area (Å²) in [7, 11) is -18.0. The van der Waals surface area contributed by atoms with Gasteiger partial charge in [-0.05, 0) is 47.9 Å². The van der Waals surface area contributed by atoms with Crippen molar-refractivity contribution in [2.24, 2.45) is 0 Å². The smallest absolute Gasteiger partial charge is 0.295 e. The zero-order valence-electron chi connectivity index (χ0n) is 18.6. The molecule has 0 aliphatic heterocycles. The van der Waals surface area contributed by atoms with E-state index in [1.165, 1.54) is 24.3 Å². The minimum Gasteiger partial charge on any atom is -0.399 e. The summed E-state index contributed by atoms with van der Waals surface area (Å²) >= 11 is 0. The van der Waals surface area contributed by atoms with Gasteiger partial charge in [-0.3, -0.25) is 18.2 Å². The average Bonchev–Trinajstić information content (AvgIpc) is 2.75. The molecule has 4 rings (SSSR count). The Labute approximate surface area is 216 Å². The molecule has 4 aromatic carbocycles. The van der Waals surface area contributed by atoms with Crippen LogP contribution in [0.1, 0.15) is 0 Å². The maximum Gasteiger partial charge on any atom is 0.295 e. The Hall–Kier alpha value is -3.36. The highest BCUT2D eigenvalue weighted by Crippen LogP contribution is 2.31. The molecule has 0 amide bonds. The van der Waals surface area contributed by atoms with Crippen molar-refractivity contribution in [3.63, 3.8) is 0 Å². The number of nitrogens with two attached hydrogens (primary N) is 2. The third-order valence-corrected chi connectivity index (χ3v) is 8.51. The normalized spacial score (nSPS) is 12.7. The van der Waals surface area contributed by atoms with E-state index in [9.17, 15) is 33.7 Å². The number of benzene rings is 4. The van der Waals surface area contributed by atoms with Crippen molar-refractivity contribution >= 4 is 73.4 Å². The summed E-state index contributed by atoms with van der Waals surface area (Å²) in [5, 5.41) is 0.437. The Bertz CT molecular complexity index is 2030. The van der Waals surface area contributed by atoms with Gasteiger partial charge in [-0.2, -0.15) is 33.7 Å². The maximum absolute atomic E-state index is 11.2. The minimum atomic E-state index is -4.57. The molecule has 0 radical (unpaired) electrons. The van der Waals surface area contributed by atoms with Gasteiger partial charge in [0.2, 0.25) is 0 Å². The van der Waals surface area contributed by atoms with Crippen LogP contribution >= 0.6 is 0 Å². The molecule has 14 nitrogen and oxygen atoms in total. The van der Waals surface area contributed by atoms with E-state index in [4.69, 9.17) is 29.7 Å². The van der Waals surface area contributed by atoms with E-state index in [2.05, 4.69) is 0 Å². The molecule has 4 aromatic rings. The zero-order chi connectivity index (χ0) is 28.8. The van der Waals surface area contributed by atoms with Gasteiger partial charge in [0.05, 0.1) is 9.79 Å². The van der Waals surface area contributed by atoms with E-state index >= 15 is 0 Å². The van der Waals surface area contributed by atoms with Gasteiger partial charge < -0.3 is 11.5 Å². The number of nitrogen functional groups attached to an aromatic ring is 2. The summed E-state index contributed by atoms with van der Waals surface area (Å²) in [6.45, 7) is 0. The predicted octanol–water partition coefficient (Wildman–Crippen LogP) is 1.83. The number of rotatable bonds is 4. The Morgan fingerprint density at radius 3 is 1.58 bits per heavy atom. The van der Waals surface area contributed by atoms with Crippen LogP contribution in [0.4, 0.5) is 11.4 Å². The fraction of sp³-hybridized carbons (Fsp3) is 0. The number of fused-ring (bicyclic) bond motifs is 2. The summed E-state index contributed by atoms with van der Waals surface area (Å²) in [5.41, 5.74) is 11.1. The second-order valence-corrected chi connectivity index (χ2v) is 13.3. The first-order valence-electron chi connectivity index (χ1n) is 9.75. The lowest BCUT2D eigenvalue weighted by atomic mass is 10.1. The van der Waals surface area contributed by atoms with Gasteiger partial charge in [0.15, 0.2) is 0 Å². The first-order chi connectivity index (χ1) is 17.2. The third kappa shape index (κ3) is 6.37. The van der Waals surface area contributed by atoms with E-state index in [1.807, 2.05) is 0 Å². The van der Waals surface area contributed by atoms with Crippen LogP contribution in [0.25, 0.3) is 21.5 Å².